The molecule has 0 spiro atoms. The molecule has 1 aliphatic carbocycles. The first-order valence-corrected chi connectivity index (χ1v) is 14.1. The minimum atomic E-state index is -2.98. The fourth-order valence-corrected chi connectivity index (χ4v) is 7.09. The molecule has 5 rings (SSSR count). The second-order valence-corrected chi connectivity index (χ2v) is 12.8. The molecule has 3 heterocycles. The first-order valence-electron chi connectivity index (χ1n) is 12.0. The summed E-state index contributed by atoms with van der Waals surface area (Å²) in [7, 11) is -2.98. The maximum Gasteiger partial charge on any atom is 0.266 e. The summed E-state index contributed by atoms with van der Waals surface area (Å²) < 4.78 is 69.1. The highest BCUT2D eigenvalue weighted by Gasteiger charge is 2.53. The molecule has 1 amide bonds. The Kier molecular flexibility index (Phi) is 6.46. The number of benzene rings is 1. The number of nitrogens with one attached hydrogen (secondary N) is 1. The summed E-state index contributed by atoms with van der Waals surface area (Å²) in [4.78, 5) is 27.0. The molecule has 196 valence electrons. The van der Waals surface area contributed by atoms with Crippen molar-refractivity contribution in [3.8, 4) is 0 Å². The lowest BCUT2D eigenvalue weighted by atomic mass is 10.0. The van der Waals surface area contributed by atoms with Gasteiger partial charge < -0.3 is 14.8 Å². The van der Waals surface area contributed by atoms with Gasteiger partial charge in [-0.3, -0.25) is 9.78 Å². The quantitative estimate of drug-likeness (QED) is 0.356. The lowest BCUT2D eigenvalue weighted by Crippen LogP contribution is -2.45. The number of rotatable bonds is 6. The van der Waals surface area contributed by atoms with Gasteiger partial charge in [0.05, 0.1) is 23.3 Å². The van der Waals surface area contributed by atoms with E-state index in [4.69, 9.17) is 0 Å². The van der Waals surface area contributed by atoms with Crippen LogP contribution in [0.5, 0.6) is 0 Å². The second-order valence-electron chi connectivity index (χ2n) is 9.69. The van der Waals surface area contributed by atoms with Gasteiger partial charge in [0.15, 0.2) is 5.67 Å². The highest BCUT2D eigenvalue weighted by atomic mass is 31.2. The first kappa shape index (κ1) is 25.6. The number of hydrogen-bond donors (Lipinski definition) is 1. The summed E-state index contributed by atoms with van der Waals surface area (Å²) >= 11 is 0. The maximum atomic E-state index is 14.7. The molecule has 3 aromatic rings. The Bertz CT molecular complexity index is 1420. The third-order valence-electron chi connectivity index (χ3n) is 7.03. The molecule has 2 fully saturated rings. The predicted octanol–water partition coefficient (Wildman–Crippen LogP) is 4.92. The molecule has 0 radical (unpaired) electrons. The Hall–Kier alpha value is -3.07. The number of hydrogen-bond acceptors (Lipinski definition) is 6. The van der Waals surface area contributed by atoms with Gasteiger partial charge in [0.1, 0.15) is 30.0 Å². The van der Waals surface area contributed by atoms with E-state index in [9.17, 15) is 26.9 Å². The van der Waals surface area contributed by atoms with E-state index in [0.717, 1.165) is 6.07 Å². The van der Waals surface area contributed by atoms with Crippen molar-refractivity contribution in [3.63, 3.8) is 0 Å². The molecule has 7 nitrogen and oxygen atoms in total. The van der Waals surface area contributed by atoms with Crippen LogP contribution < -0.4 is 10.8 Å². The van der Waals surface area contributed by atoms with E-state index in [1.165, 1.54) is 23.2 Å². The summed E-state index contributed by atoms with van der Waals surface area (Å²) in [5.41, 5.74) is -1.56. The average molecular weight is 535 g/mol. The van der Waals surface area contributed by atoms with Gasteiger partial charge in [0, 0.05) is 36.4 Å². The van der Waals surface area contributed by atoms with Gasteiger partial charge in [-0.1, -0.05) is 18.2 Å². The third kappa shape index (κ3) is 4.81. The lowest BCUT2D eigenvalue weighted by Gasteiger charge is -2.33. The summed E-state index contributed by atoms with van der Waals surface area (Å²) in [6, 6.07) is 4.77. The van der Waals surface area contributed by atoms with Crippen molar-refractivity contribution >= 4 is 35.2 Å². The number of alkyl halides is 3. The van der Waals surface area contributed by atoms with Gasteiger partial charge in [-0.25, -0.2) is 27.5 Å². The summed E-state index contributed by atoms with van der Waals surface area (Å²) in [5, 5.41) is 3.59. The summed E-state index contributed by atoms with van der Waals surface area (Å²) in [5.74, 6) is -0.772. The molecule has 2 aliphatic rings. The predicted molar refractivity (Wildman–Crippen MR) is 132 cm³/mol. The van der Waals surface area contributed by atoms with Gasteiger partial charge >= 0.3 is 0 Å². The lowest BCUT2D eigenvalue weighted by molar-refractivity contribution is -0.137. The van der Waals surface area contributed by atoms with Crippen LogP contribution >= 0.6 is 7.14 Å². The minimum absolute atomic E-state index is 0.0580. The van der Waals surface area contributed by atoms with Crippen LogP contribution in [0.3, 0.4) is 0 Å². The smallest absolute Gasteiger partial charge is 0.266 e. The standard InChI is InChI=1S/C25H26F4N5O2P/c1-14(16-4-3-5-17(21(16)26)22(27)28)31-23-18-12-20(30-13-19(18)32-15(2)33-23)37(36)10-8-34(9-11-37)24(35)25(29)6-7-25/h3-5,12-14,22H,6-11H2,1-2H3,(H,31,32,33)/t14-/m1/s1. The van der Waals surface area contributed by atoms with Gasteiger partial charge in [0.2, 0.25) is 0 Å². The normalized spacial score (nSPS) is 19.2. The molecule has 1 aromatic carbocycles. The number of fused-ring (bicyclic) bond motifs is 1. The molecule has 1 N–H and O–H groups in total. The Balaban J connectivity index is 1.43. The Morgan fingerprint density at radius 3 is 2.49 bits per heavy atom. The van der Waals surface area contributed by atoms with E-state index < -0.39 is 42.6 Å². The molecule has 0 bridgehead atoms. The molecular formula is C25H26F4N5O2P. The Labute approximate surface area is 211 Å². The van der Waals surface area contributed by atoms with Crippen LogP contribution in [0.25, 0.3) is 10.9 Å². The highest BCUT2D eigenvalue weighted by molar-refractivity contribution is 7.71. The fraction of sp³-hybridized carbons (Fsp3) is 0.440. The molecule has 1 atom stereocenters. The minimum Gasteiger partial charge on any atom is -0.363 e. The topological polar surface area (TPSA) is 88.1 Å². The molecule has 1 saturated carbocycles. The monoisotopic (exact) mass is 535 g/mol. The number of aryl methyl sites for hydroxylation is 1. The van der Waals surface area contributed by atoms with Crippen molar-refractivity contribution < 1.29 is 26.9 Å². The number of nitrogens with zero attached hydrogens (tertiary/aromatic N) is 4. The van der Waals surface area contributed by atoms with E-state index >= 15 is 0 Å². The van der Waals surface area contributed by atoms with Crippen molar-refractivity contribution in [1.82, 2.24) is 19.9 Å². The fourth-order valence-electron chi connectivity index (χ4n) is 4.65. The van der Waals surface area contributed by atoms with Crippen LogP contribution in [-0.4, -0.2) is 56.8 Å². The van der Waals surface area contributed by atoms with Gasteiger partial charge in [-0.05, 0) is 32.8 Å². The van der Waals surface area contributed by atoms with Crippen molar-refractivity contribution in [1.29, 1.82) is 0 Å². The Morgan fingerprint density at radius 2 is 1.84 bits per heavy atom. The number of aromatic nitrogens is 3. The number of anilines is 1. The van der Waals surface area contributed by atoms with Crippen LogP contribution in [0.15, 0.2) is 30.5 Å². The van der Waals surface area contributed by atoms with Gasteiger partial charge in [-0.15, -0.1) is 0 Å². The van der Waals surface area contributed by atoms with Crippen molar-refractivity contribution in [2.75, 3.05) is 30.7 Å². The molecule has 37 heavy (non-hydrogen) atoms. The van der Waals surface area contributed by atoms with E-state index in [1.54, 1.807) is 19.9 Å². The van der Waals surface area contributed by atoms with E-state index in [-0.39, 0.29) is 43.8 Å². The SMILES string of the molecule is Cc1nc(N[C@H](C)c2cccc(C(F)F)c2F)c2cc(P3(=O)CCN(C(=O)C4(F)CC4)CC3)ncc2n1. The van der Waals surface area contributed by atoms with Crippen LogP contribution in [0.4, 0.5) is 23.4 Å². The summed E-state index contributed by atoms with van der Waals surface area (Å²) in [6.07, 6.45) is -0.616. The number of amides is 1. The van der Waals surface area contributed by atoms with E-state index in [2.05, 4.69) is 20.3 Å². The first-order chi connectivity index (χ1) is 17.5. The summed E-state index contributed by atoms with van der Waals surface area (Å²) in [6.45, 7) is 3.68. The van der Waals surface area contributed by atoms with Crippen molar-refractivity contribution in [3.05, 3.63) is 53.2 Å². The number of halogens is 4. The third-order valence-corrected chi connectivity index (χ3v) is 9.96. The van der Waals surface area contributed by atoms with Crippen LogP contribution in [0, 0.1) is 12.7 Å². The van der Waals surface area contributed by atoms with E-state index in [1.807, 2.05) is 0 Å². The number of carbonyl (C=O) groups excluding carboxylic acids is 1. The van der Waals surface area contributed by atoms with Crippen molar-refractivity contribution in [2.24, 2.45) is 0 Å². The van der Waals surface area contributed by atoms with Gasteiger partial charge in [0.25, 0.3) is 12.3 Å². The molecule has 12 heteroatoms. The molecular weight excluding hydrogens is 509 g/mol. The zero-order valence-corrected chi connectivity index (χ0v) is 21.2. The molecule has 2 aromatic heterocycles. The Morgan fingerprint density at radius 1 is 1.16 bits per heavy atom. The second kappa shape index (κ2) is 9.35. The number of pyridine rings is 1. The average Bonchev–Trinajstić information content (AvgIpc) is 3.62. The maximum absolute atomic E-state index is 14.7. The molecule has 1 aliphatic heterocycles. The van der Waals surface area contributed by atoms with Crippen LogP contribution in [0.1, 0.15) is 49.2 Å². The van der Waals surface area contributed by atoms with Crippen LogP contribution in [0.2, 0.25) is 0 Å². The van der Waals surface area contributed by atoms with E-state index in [0.29, 0.717) is 28.0 Å². The van der Waals surface area contributed by atoms with Crippen molar-refractivity contribution in [2.45, 2.75) is 44.8 Å². The van der Waals surface area contributed by atoms with Gasteiger partial charge in [-0.2, -0.15) is 0 Å². The molecule has 0 unspecified atom stereocenters. The highest BCUT2D eigenvalue weighted by Crippen LogP contribution is 2.48. The molecule has 1 saturated heterocycles. The largest absolute Gasteiger partial charge is 0.363 e. The zero-order valence-electron chi connectivity index (χ0n) is 20.3. The van der Waals surface area contributed by atoms with Crippen LogP contribution in [-0.2, 0) is 9.36 Å². The zero-order chi connectivity index (χ0) is 26.5. The number of carbonyl (C=O) groups is 1.